The van der Waals surface area contributed by atoms with Gasteiger partial charge in [0.15, 0.2) is 0 Å². The number of hydrogen-bond acceptors (Lipinski definition) is 2. The standard InChI is InChI=1S/C18H29NO/c1-3-11-20-18-10-9-15(12-14(2)19)13-17(18)16-7-5-4-6-8-16/h9-10,13-14,16H,3-8,11-12,19H2,1-2H3. The van der Waals surface area contributed by atoms with Crippen molar-refractivity contribution < 1.29 is 4.74 Å². The fraction of sp³-hybridized carbons (Fsp3) is 0.667. The van der Waals surface area contributed by atoms with E-state index in [-0.39, 0.29) is 6.04 Å². The predicted octanol–water partition coefficient (Wildman–Crippen LogP) is 4.41. The van der Waals surface area contributed by atoms with E-state index in [4.69, 9.17) is 10.5 Å². The Morgan fingerprint density at radius 2 is 2.00 bits per heavy atom. The molecule has 0 spiro atoms. The van der Waals surface area contributed by atoms with Crippen LogP contribution in [0, 0.1) is 0 Å². The van der Waals surface area contributed by atoms with Crippen molar-refractivity contribution in [3.8, 4) is 5.75 Å². The summed E-state index contributed by atoms with van der Waals surface area (Å²) < 4.78 is 5.97. The molecule has 1 atom stereocenters. The third kappa shape index (κ3) is 4.24. The molecule has 0 heterocycles. The second-order valence-corrected chi connectivity index (χ2v) is 6.24. The van der Waals surface area contributed by atoms with Gasteiger partial charge in [-0.15, -0.1) is 0 Å². The van der Waals surface area contributed by atoms with Gasteiger partial charge in [-0.05, 0) is 55.7 Å². The van der Waals surface area contributed by atoms with Crippen LogP contribution in [0.3, 0.4) is 0 Å². The summed E-state index contributed by atoms with van der Waals surface area (Å²) >= 11 is 0. The van der Waals surface area contributed by atoms with Crippen LogP contribution >= 0.6 is 0 Å². The summed E-state index contributed by atoms with van der Waals surface area (Å²) in [6, 6.07) is 6.92. The highest BCUT2D eigenvalue weighted by Gasteiger charge is 2.20. The Labute approximate surface area is 123 Å². The number of nitrogens with two attached hydrogens (primary N) is 1. The van der Waals surface area contributed by atoms with Crippen molar-refractivity contribution in [3.63, 3.8) is 0 Å². The molecule has 112 valence electrons. The van der Waals surface area contributed by atoms with Gasteiger partial charge >= 0.3 is 0 Å². The van der Waals surface area contributed by atoms with Gasteiger partial charge in [-0.1, -0.05) is 38.3 Å². The predicted molar refractivity (Wildman–Crippen MR) is 85.4 cm³/mol. The average molecular weight is 275 g/mol. The quantitative estimate of drug-likeness (QED) is 0.834. The Kier molecular flexibility index (Phi) is 5.90. The first kappa shape index (κ1) is 15.4. The molecule has 2 N–H and O–H groups in total. The molecule has 0 aromatic heterocycles. The Morgan fingerprint density at radius 3 is 2.65 bits per heavy atom. The molecule has 2 heteroatoms. The van der Waals surface area contributed by atoms with Crippen molar-refractivity contribution in [2.24, 2.45) is 5.73 Å². The van der Waals surface area contributed by atoms with Crippen LogP contribution in [0.2, 0.25) is 0 Å². The molecule has 0 amide bonds. The number of hydrogen-bond donors (Lipinski definition) is 1. The molecular weight excluding hydrogens is 246 g/mol. The first-order valence-corrected chi connectivity index (χ1v) is 8.22. The SMILES string of the molecule is CCCOc1ccc(CC(C)N)cc1C1CCCCC1. The molecule has 1 aliphatic rings. The lowest BCUT2D eigenvalue weighted by atomic mass is 9.83. The third-order valence-electron chi connectivity index (χ3n) is 4.14. The Morgan fingerprint density at radius 1 is 1.25 bits per heavy atom. The van der Waals surface area contributed by atoms with E-state index in [9.17, 15) is 0 Å². The minimum Gasteiger partial charge on any atom is -0.493 e. The Balaban J connectivity index is 2.21. The summed E-state index contributed by atoms with van der Waals surface area (Å²) in [5, 5.41) is 0. The topological polar surface area (TPSA) is 35.2 Å². The fourth-order valence-corrected chi connectivity index (χ4v) is 3.17. The Hall–Kier alpha value is -1.02. The van der Waals surface area contributed by atoms with Gasteiger partial charge in [0.2, 0.25) is 0 Å². The molecule has 0 aliphatic heterocycles. The van der Waals surface area contributed by atoms with Crippen molar-refractivity contribution in [1.29, 1.82) is 0 Å². The minimum atomic E-state index is 0.219. The lowest BCUT2D eigenvalue weighted by Crippen LogP contribution is -2.18. The zero-order chi connectivity index (χ0) is 14.4. The third-order valence-corrected chi connectivity index (χ3v) is 4.14. The summed E-state index contributed by atoms with van der Waals surface area (Å²) in [6.45, 7) is 5.04. The molecule has 1 unspecified atom stereocenters. The molecule has 1 aliphatic carbocycles. The maximum Gasteiger partial charge on any atom is 0.122 e. The van der Waals surface area contributed by atoms with Gasteiger partial charge in [-0.2, -0.15) is 0 Å². The van der Waals surface area contributed by atoms with Gasteiger partial charge in [0.25, 0.3) is 0 Å². The van der Waals surface area contributed by atoms with Crippen molar-refractivity contribution in [3.05, 3.63) is 29.3 Å². The number of rotatable bonds is 6. The first-order chi connectivity index (χ1) is 9.70. The van der Waals surface area contributed by atoms with E-state index in [2.05, 4.69) is 32.0 Å². The molecular formula is C18H29NO. The molecule has 1 fully saturated rings. The van der Waals surface area contributed by atoms with E-state index in [0.717, 1.165) is 25.2 Å². The van der Waals surface area contributed by atoms with E-state index in [1.807, 2.05) is 0 Å². The second kappa shape index (κ2) is 7.68. The molecule has 0 radical (unpaired) electrons. The average Bonchev–Trinajstić information content (AvgIpc) is 2.46. The molecule has 2 nitrogen and oxygen atoms in total. The van der Waals surface area contributed by atoms with Crippen LogP contribution < -0.4 is 10.5 Å². The van der Waals surface area contributed by atoms with Crippen LogP contribution in [0.1, 0.15) is 69.4 Å². The minimum absolute atomic E-state index is 0.219. The maximum atomic E-state index is 5.97. The number of ether oxygens (including phenoxy) is 1. The Bertz CT molecular complexity index is 408. The zero-order valence-corrected chi connectivity index (χ0v) is 13.0. The normalized spacial score (nSPS) is 17.9. The summed E-state index contributed by atoms with van der Waals surface area (Å²) in [4.78, 5) is 0. The van der Waals surface area contributed by atoms with Crippen LogP contribution in [-0.2, 0) is 6.42 Å². The van der Waals surface area contributed by atoms with Crippen molar-refractivity contribution >= 4 is 0 Å². The van der Waals surface area contributed by atoms with Crippen LogP contribution in [0.25, 0.3) is 0 Å². The van der Waals surface area contributed by atoms with Gasteiger partial charge < -0.3 is 10.5 Å². The highest BCUT2D eigenvalue weighted by Crippen LogP contribution is 2.38. The van der Waals surface area contributed by atoms with E-state index >= 15 is 0 Å². The van der Waals surface area contributed by atoms with Crippen LogP contribution in [0.4, 0.5) is 0 Å². The second-order valence-electron chi connectivity index (χ2n) is 6.24. The molecule has 1 saturated carbocycles. The smallest absolute Gasteiger partial charge is 0.122 e. The zero-order valence-electron chi connectivity index (χ0n) is 13.0. The van der Waals surface area contributed by atoms with Crippen molar-refractivity contribution in [2.75, 3.05) is 6.61 Å². The lowest BCUT2D eigenvalue weighted by Gasteiger charge is -2.25. The highest BCUT2D eigenvalue weighted by molar-refractivity contribution is 5.40. The van der Waals surface area contributed by atoms with Gasteiger partial charge in [-0.25, -0.2) is 0 Å². The van der Waals surface area contributed by atoms with Crippen LogP contribution in [-0.4, -0.2) is 12.6 Å². The van der Waals surface area contributed by atoms with E-state index in [1.54, 1.807) is 0 Å². The van der Waals surface area contributed by atoms with Crippen LogP contribution in [0.15, 0.2) is 18.2 Å². The highest BCUT2D eigenvalue weighted by atomic mass is 16.5. The molecule has 1 aromatic carbocycles. The summed E-state index contributed by atoms with van der Waals surface area (Å²) in [5.41, 5.74) is 8.72. The van der Waals surface area contributed by atoms with Gasteiger partial charge in [0.1, 0.15) is 5.75 Å². The van der Waals surface area contributed by atoms with E-state index < -0.39 is 0 Å². The maximum absolute atomic E-state index is 5.97. The van der Waals surface area contributed by atoms with Gasteiger partial charge in [0.05, 0.1) is 6.61 Å². The van der Waals surface area contributed by atoms with Crippen molar-refractivity contribution in [2.45, 2.75) is 70.8 Å². The largest absolute Gasteiger partial charge is 0.493 e. The van der Waals surface area contributed by atoms with E-state index in [0.29, 0.717) is 5.92 Å². The summed E-state index contributed by atoms with van der Waals surface area (Å²) in [7, 11) is 0. The summed E-state index contributed by atoms with van der Waals surface area (Å²) in [6.07, 6.45) is 8.74. The lowest BCUT2D eigenvalue weighted by molar-refractivity contribution is 0.307. The van der Waals surface area contributed by atoms with Gasteiger partial charge in [0, 0.05) is 6.04 Å². The fourth-order valence-electron chi connectivity index (χ4n) is 3.17. The monoisotopic (exact) mass is 275 g/mol. The molecule has 1 aromatic rings. The molecule has 0 bridgehead atoms. The number of benzene rings is 1. The van der Waals surface area contributed by atoms with Crippen molar-refractivity contribution in [1.82, 2.24) is 0 Å². The first-order valence-electron chi connectivity index (χ1n) is 8.22. The molecule has 2 rings (SSSR count). The molecule has 0 saturated heterocycles. The molecule has 20 heavy (non-hydrogen) atoms. The van der Waals surface area contributed by atoms with E-state index in [1.165, 1.54) is 43.2 Å². The van der Waals surface area contributed by atoms with Gasteiger partial charge in [-0.3, -0.25) is 0 Å². The van der Waals surface area contributed by atoms with Crippen LogP contribution in [0.5, 0.6) is 5.75 Å². The summed E-state index contributed by atoms with van der Waals surface area (Å²) in [5.74, 6) is 1.79.